The number of fused-ring (bicyclic) bond motifs is 1. The summed E-state index contributed by atoms with van der Waals surface area (Å²) in [5.74, 6) is 1.61. The van der Waals surface area contributed by atoms with E-state index >= 15 is 0 Å². The van der Waals surface area contributed by atoms with E-state index in [4.69, 9.17) is 10.8 Å². The van der Waals surface area contributed by atoms with Gasteiger partial charge in [0.05, 0.1) is 5.41 Å². The average Bonchev–Trinajstić information content (AvgIpc) is 2.59. The van der Waals surface area contributed by atoms with Gasteiger partial charge in [-0.15, -0.1) is 0 Å². The lowest BCUT2D eigenvalue weighted by atomic mass is 9.92. The minimum absolute atomic E-state index is 0.310. The molecular weight excluding hydrogens is 206 g/mol. The molecule has 3 rings (SSSR count). The van der Waals surface area contributed by atoms with E-state index in [2.05, 4.69) is 4.74 Å². The van der Waals surface area contributed by atoms with Crippen molar-refractivity contribution in [2.75, 3.05) is 0 Å². The summed E-state index contributed by atoms with van der Waals surface area (Å²) >= 11 is 0. The first-order valence-corrected chi connectivity index (χ1v) is 6.06. The first-order valence-electron chi connectivity index (χ1n) is 6.06. The fraction of sp³-hybridized carbons (Fsp3) is 0.917. The largest absolute Gasteiger partial charge is 0.436 e. The highest BCUT2D eigenvalue weighted by atomic mass is 16.6. The molecule has 0 radical (unpaired) electrons. The number of aliphatic hydroxyl groups excluding tert-OH is 1. The van der Waals surface area contributed by atoms with Crippen molar-refractivity contribution >= 4 is 5.97 Å². The van der Waals surface area contributed by atoms with E-state index in [-0.39, 0.29) is 5.97 Å². The third-order valence-corrected chi connectivity index (χ3v) is 3.95. The first-order chi connectivity index (χ1) is 7.42. The van der Waals surface area contributed by atoms with Crippen LogP contribution >= 0.6 is 0 Å². The minimum atomic E-state index is -0.882. The van der Waals surface area contributed by atoms with Crippen molar-refractivity contribution in [2.24, 2.45) is 23.0 Å². The summed E-state index contributed by atoms with van der Waals surface area (Å²) in [6.07, 6.45) is 3.82. The topological polar surface area (TPSA) is 72.5 Å². The SMILES string of the molecule is CC1(C)C[C@@H](O)OC1=O.NC1C2CCCC12. The quantitative estimate of drug-likeness (QED) is 0.606. The molecule has 3 aliphatic rings. The summed E-state index contributed by atoms with van der Waals surface area (Å²) in [6.45, 7) is 3.51. The molecule has 0 aromatic heterocycles. The molecule has 0 spiro atoms. The summed E-state index contributed by atoms with van der Waals surface area (Å²) in [4.78, 5) is 10.7. The maximum Gasteiger partial charge on any atom is 0.314 e. The van der Waals surface area contributed by atoms with Crippen LogP contribution in [0.2, 0.25) is 0 Å². The molecule has 4 nitrogen and oxygen atoms in total. The van der Waals surface area contributed by atoms with Crippen LogP contribution in [0.4, 0.5) is 0 Å². The number of rotatable bonds is 0. The predicted molar refractivity (Wildman–Crippen MR) is 59.3 cm³/mol. The molecule has 4 heteroatoms. The molecule has 0 bridgehead atoms. The van der Waals surface area contributed by atoms with Crippen LogP contribution < -0.4 is 5.73 Å². The second kappa shape index (κ2) is 4.00. The van der Waals surface area contributed by atoms with Crippen LogP contribution in [-0.2, 0) is 9.53 Å². The van der Waals surface area contributed by atoms with Gasteiger partial charge in [0, 0.05) is 12.5 Å². The van der Waals surface area contributed by atoms with Crippen molar-refractivity contribution in [3.8, 4) is 0 Å². The molecule has 92 valence electrons. The minimum Gasteiger partial charge on any atom is -0.436 e. The lowest BCUT2D eigenvalue weighted by molar-refractivity contribution is -0.157. The van der Waals surface area contributed by atoms with Gasteiger partial charge in [0.15, 0.2) is 0 Å². The van der Waals surface area contributed by atoms with Gasteiger partial charge in [0.25, 0.3) is 0 Å². The Morgan fingerprint density at radius 3 is 2.12 bits per heavy atom. The molecule has 2 saturated carbocycles. The van der Waals surface area contributed by atoms with Crippen LogP contribution in [-0.4, -0.2) is 23.4 Å². The van der Waals surface area contributed by atoms with Gasteiger partial charge in [0.1, 0.15) is 0 Å². The summed E-state index contributed by atoms with van der Waals surface area (Å²) in [7, 11) is 0. The van der Waals surface area contributed by atoms with Crippen molar-refractivity contribution < 1.29 is 14.6 Å². The highest BCUT2D eigenvalue weighted by molar-refractivity contribution is 5.77. The number of carbonyl (C=O) groups excluding carboxylic acids is 1. The van der Waals surface area contributed by atoms with Gasteiger partial charge in [0.2, 0.25) is 6.29 Å². The number of cyclic esters (lactones) is 1. The third kappa shape index (κ3) is 2.23. The van der Waals surface area contributed by atoms with Crippen LogP contribution in [0.15, 0.2) is 0 Å². The zero-order chi connectivity index (χ0) is 11.9. The summed E-state index contributed by atoms with van der Waals surface area (Å²) in [6, 6.07) is 0.619. The van der Waals surface area contributed by atoms with Crippen molar-refractivity contribution in [2.45, 2.75) is 51.9 Å². The summed E-state index contributed by atoms with van der Waals surface area (Å²) in [5.41, 5.74) is 5.19. The van der Waals surface area contributed by atoms with Gasteiger partial charge in [-0.3, -0.25) is 4.79 Å². The van der Waals surface area contributed by atoms with E-state index in [1.807, 2.05) is 0 Å². The lowest BCUT2D eigenvalue weighted by Gasteiger charge is -2.07. The number of aliphatic hydroxyl groups is 1. The van der Waals surface area contributed by atoms with Crippen LogP contribution in [0.5, 0.6) is 0 Å². The van der Waals surface area contributed by atoms with Crippen molar-refractivity contribution in [1.82, 2.24) is 0 Å². The second-order valence-corrected chi connectivity index (χ2v) is 5.78. The molecule has 0 amide bonds. The number of nitrogens with two attached hydrogens (primary N) is 1. The fourth-order valence-corrected chi connectivity index (χ4v) is 2.72. The van der Waals surface area contributed by atoms with E-state index in [0.29, 0.717) is 12.5 Å². The molecule has 1 aliphatic heterocycles. The molecule has 0 aromatic carbocycles. The third-order valence-electron chi connectivity index (χ3n) is 3.95. The van der Waals surface area contributed by atoms with E-state index in [0.717, 1.165) is 11.8 Å². The van der Waals surface area contributed by atoms with Gasteiger partial charge in [-0.1, -0.05) is 6.42 Å². The first kappa shape index (κ1) is 11.9. The van der Waals surface area contributed by atoms with Crippen molar-refractivity contribution in [1.29, 1.82) is 0 Å². The Morgan fingerprint density at radius 2 is 1.94 bits per heavy atom. The number of hydrogen-bond donors (Lipinski definition) is 2. The molecule has 1 saturated heterocycles. The average molecular weight is 227 g/mol. The Bertz CT molecular complexity index is 280. The Morgan fingerprint density at radius 1 is 1.38 bits per heavy atom. The maximum absolute atomic E-state index is 10.7. The van der Waals surface area contributed by atoms with Crippen LogP contribution in [0.25, 0.3) is 0 Å². The van der Waals surface area contributed by atoms with Crippen LogP contribution in [0.3, 0.4) is 0 Å². The number of ether oxygens (including phenoxy) is 1. The molecular formula is C12H21NO3. The molecule has 2 aliphatic carbocycles. The van der Waals surface area contributed by atoms with Gasteiger partial charge in [-0.25, -0.2) is 0 Å². The number of hydrogen-bond acceptors (Lipinski definition) is 4. The van der Waals surface area contributed by atoms with E-state index in [1.165, 1.54) is 19.3 Å². The number of carbonyl (C=O) groups is 1. The highest BCUT2D eigenvalue weighted by Crippen LogP contribution is 2.50. The highest BCUT2D eigenvalue weighted by Gasteiger charge is 2.49. The Hall–Kier alpha value is -0.610. The predicted octanol–water partition coefficient (Wildman–Crippen LogP) is 1.02. The zero-order valence-corrected chi connectivity index (χ0v) is 9.98. The van der Waals surface area contributed by atoms with Gasteiger partial charge < -0.3 is 15.6 Å². The van der Waals surface area contributed by atoms with E-state index in [1.54, 1.807) is 13.8 Å². The van der Waals surface area contributed by atoms with Crippen LogP contribution in [0, 0.1) is 17.3 Å². The lowest BCUT2D eigenvalue weighted by Crippen LogP contribution is -2.16. The fourth-order valence-electron chi connectivity index (χ4n) is 2.72. The second-order valence-electron chi connectivity index (χ2n) is 5.78. The van der Waals surface area contributed by atoms with Gasteiger partial charge in [-0.05, 0) is 38.5 Å². The monoisotopic (exact) mass is 227 g/mol. The van der Waals surface area contributed by atoms with Crippen molar-refractivity contribution in [3.63, 3.8) is 0 Å². The van der Waals surface area contributed by atoms with Gasteiger partial charge >= 0.3 is 5.97 Å². The molecule has 3 N–H and O–H groups in total. The molecule has 3 atom stereocenters. The number of esters is 1. The van der Waals surface area contributed by atoms with Gasteiger partial charge in [-0.2, -0.15) is 0 Å². The molecule has 0 aromatic rings. The Labute approximate surface area is 96.2 Å². The smallest absolute Gasteiger partial charge is 0.314 e. The Kier molecular flexibility index (Phi) is 2.97. The van der Waals surface area contributed by atoms with Crippen LogP contribution in [0.1, 0.15) is 39.5 Å². The zero-order valence-electron chi connectivity index (χ0n) is 9.98. The Balaban J connectivity index is 0.000000123. The van der Waals surface area contributed by atoms with E-state index in [9.17, 15) is 4.79 Å². The molecule has 2 unspecified atom stereocenters. The molecule has 16 heavy (non-hydrogen) atoms. The summed E-state index contributed by atoms with van der Waals surface area (Å²) in [5, 5.41) is 8.79. The maximum atomic E-state index is 10.7. The molecule has 3 fully saturated rings. The van der Waals surface area contributed by atoms with E-state index < -0.39 is 11.7 Å². The normalized spacial score (nSPS) is 43.1. The van der Waals surface area contributed by atoms with Crippen molar-refractivity contribution in [3.05, 3.63) is 0 Å². The molecule has 1 heterocycles. The summed E-state index contributed by atoms with van der Waals surface area (Å²) < 4.78 is 4.49. The standard InChI is InChI=1S/C6H11N.C6H10O3/c7-6-4-2-1-3-5(4)6;1-6(2)3-4(7)9-5(6)8/h4-6H,1-3,7H2;4,7H,3H2,1-2H3/t;4-/m.0/s1.